The summed E-state index contributed by atoms with van der Waals surface area (Å²) in [5.74, 6) is 0.485. The van der Waals surface area contributed by atoms with E-state index in [4.69, 9.17) is 4.74 Å². The Bertz CT molecular complexity index is 691. The first-order chi connectivity index (χ1) is 13.4. The number of benzene rings is 1. The number of ether oxygens (including phenoxy) is 1. The molecule has 0 radical (unpaired) electrons. The zero-order valence-electron chi connectivity index (χ0n) is 16.1. The molecule has 2 fully saturated rings. The van der Waals surface area contributed by atoms with Crippen LogP contribution in [0, 0.1) is 10.1 Å². The first-order valence-corrected chi connectivity index (χ1v) is 9.82. The van der Waals surface area contributed by atoms with E-state index in [2.05, 4.69) is 12.1 Å². The van der Waals surface area contributed by atoms with Crippen LogP contribution in [0.4, 0.5) is 4.79 Å². The normalized spacial score (nSPS) is 33.0. The number of aliphatic hydroxyl groups excluding tert-OH is 1. The number of hydrogen-bond donors (Lipinski definition) is 2. The summed E-state index contributed by atoms with van der Waals surface area (Å²) in [6.45, 7) is 0.856. The van der Waals surface area contributed by atoms with Crippen LogP contribution in [0.1, 0.15) is 50.5 Å². The minimum atomic E-state index is -1.71. The molecule has 1 aliphatic heterocycles. The number of rotatable bonds is 6. The van der Waals surface area contributed by atoms with Crippen LogP contribution >= 0.6 is 0 Å². The van der Waals surface area contributed by atoms with Crippen molar-refractivity contribution in [3.63, 3.8) is 0 Å². The van der Waals surface area contributed by atoms with Gasteiger partial charge in [-0.3, -0.25) is 15.0 Å². The molecule has 1 heterocycles. The molecule has 0 bridgehead atoms. The van der Waals surface area contributed by atoms with Crippen molar-refractivity contribution in [2.24, 2.45) is 0 Å². The summed E-state index contributed by atoms with van der Waals surface area (Å²) in [4.78, 5) is 23.9. The third-order valence-electron chi connectivity index (χ3n) is 6.37. The van der Waals surface area contributed by atoms with Gasteiger partial charge in [-0.15, -0.1) is 0 Å². The van der Waals surface area contributed by atoms with Gasteiger partial charge in [0.05, 0.1) is 12.7 Å². The van der Waals surface area contributed by atoms with Gasteiger partial charge in [0.2, 0.25) is 0 Å². The van der Waals surface area contributed by atoms with Gasteiger partial charge in [0.15, 0.2) is 0 Å². The van der Waals surface area contributed by atoms with E-state index in [1.807, 2.05) is 18.2 Å². The molecule has 1 aliphatic carbocycles. The Morgan fingerprint density at radius 3 is 2.46 bits per heavy atom. The Hall–Kier alpha value is -2.19. The van der Waals surface area contributed by atoms with Crippen LogP contribution in [-0.4, -0.2) is 63.1 Å². The van der Waals surface area contributed by atoms with Crippen LogP contribution in [0.2, 0.25) is 0 Å². The number of carboxylic acid groups (broad SMARTS) is 1. The summed E-state index contributed by atoms with van der Waals surface area (Å²) in [7, 11) is 0. The Morgan fingerprint density at radius 1 is 1.29 bits per heavy atom. The van der Waals surface area contributed by atoms with E-state index in [-0.39, 0.29) is 19.1 Å². The van der Waals surface area contributed by atoms with E-state index in [0.717, 1.165) is 30.6 Å². The van der Waals surface area contributed by atoms with Crippen LogP contribution in [0.5, 0.6) is 0 Å². The highest BCUT2D eigenvalue weighted by Gasteiger charge is 2.61. The van der Waals surface area contributed by atoms with Gasteiger partial charge >= 0.3 is 6.09 Å². The highest BCUT2D eigenvalue weighted by atomic mass is 16.6. The Morgan fingerprint density at radius 2 is 1.93 bits per heavy atom. The molecule has 1 saturated carbocycles. The molecule has 1 aromatic rings. The average Bonchev–Trinajstić information content (AvgIpc) is 3.00. The highest BCUT2D eigenvalue weighted by molar-refractivity contribution is 5.67. The molecule has 8 heteroatoms. The third-order valence-corrected chi connectivity index (χ3v) is 6.37. The number of nitrogens with zero attached hydrogens (tertiary/aromatic N) is 2. The Labute approximate surface area is 164 Å². The molecular formula is C20H28N2O6. The zero-order chi connectivity index (χ0) is 20.3. The summed E-state index contributed by atoms with van der Waals surface area (Å²) < 4.78 is 5.97. The molecule has 3 rings (SSSR count). The third kappa shape index (κ3) is 3.84. The van der Waals surface area contributed by atoms with Crippen LogP contribution in [0.3, 0.4) is 0 Å². The van der Waals surface area contributed by atoms with E-state index in [0.29, 0.717) is 5.92 Å². The number of aliphatic hydroxyl groups is 1. The van der Waals surface area contributed by atoms with E-state index < -0.39 is 35.2 Å². The molecule has 28 heavy (non-hydrogen) atoms. The first kappa shape index (κ1) is 20.5. The Kier molecular flexibility index (Phi) is 6.20. The van der Waals surface area contributed by atoms with Crippen molar-refractivity contribution < 1.29 is 24.7 Å². The van der Waals surface area contributed by atoms with Crippen molar-refractivity contribution in [2.75, 3.05) is 13.2 Å². The van der Waals surface area contributed by atoms with Crippen molar-refractivity contribution in [3.05, 3.63) is 46.0 Å². The van der Waals surface area contributed by atoms with Crippen molar-refractivity contribution >= 4 is 6.09 Å². The second-order valence-corrected chi connectivity index (χ2v) is 8.00. The highest BCUT2D eigenvalue weighted by Crippen LogP contribution is 2.38. The molecule has 1 amide bonds. The van der Waals surface area contributed by atoms with Crippen LogP contribution in [0.15, 0.2) is 30.3 Å². The lowest BCUT2D eigenvalue weighted by atomic mass is 9.82. The lowest BCUT2D eigenvalue weighted by Gasteiger charge is -2.33. The molecule has 0 spiro atoms. The van der Waals surface area contributed by atoms with Gasteiger partial charge in [0.1, 0.15) is 12.6 Å². The van der Waals surface area contributed by atoms with E-state index >= 15 is 0 Å². The summed E-state index contributed by atoms with van der Waals surface area (Å²) in [5, 5.41) is 31.0. The van der Waals surface area contributed by atoms with Gasteiger partial charge in [-0.05, 0) is 44.1 Å². The van der Waals surface area contributed by atoms with Gasteiger partial charge in [0, 0.05) is 17.4 Å². The molecule has 2 aliphatic rings. The first-order valence-electron chi connectivity index (χ1n) is 9.82. The SMILES string of the molecule is C[C@@H]1C[C@](CO)([N+](=O)[O-])[C@H](CO[C@H]2CC[C@@H](c3ccccc3)CC2)N1C(=O)O. The summed E-state index contributed by atoms with van der Waals surface area (Å²) >= 11 is 0. The molecular weight excluding hydrogens is 364 g/mol. The van der Waals surface area contributed by atoms with Crippen LogP contribution in [-0.2, 0) is 4.74 Å². The topological polar surface area (TPSA) is 113 Å². The van der Waals surface area contributed by atoms with E-state index in [1.54, 1.807) is 6.92 Å². The van der Waals surface area contributed by atoms with Gasteiger partial charge in [0.25, 0.3) is 5.54 Å². The standard InChI is InChI=1S/C20H28N2O6/c1-14-11-20(13-23,22(26)27)18(21(14)19(24)25)12-28-17-9-7-16(8-10-17)15-5-3-2-4-6-15/h2-6,14,16-18,23H,7-13H2,1H3,(H,24,25)/t14-,16-,17+,18+,20-/m1/s1. The monoisotopic (exact) mass is 392 g/mol. The maximum absolute atomic E-state index is 11.7. The maximum Gasteiger partial charge on any atom is 0.408 e. The molecule has 1 aromatic carbocycles. The number of carbonyl (C=O) groups is 1. The molecule has 3 atom stereocenters. The van der Waals surface area contributed by atoms with Gasteiger partial charge in [-0.1, -0.05) is 30.3 Å². The summed E-state index contributed by atoms with van der Waals surface area (Å²) in [6, 6.07) is 8.78. The average molecular weight is 392 g/mol. The molecule has 1 saturated heterocycles. The maximum atomic E-state index is 11.7. The van der Waals surface area contributed by atoms with Gasteiger partial charge in [-0.25, -0.2) is 4.79 Å². The molecule has 2 N–H and O–H groups in total. The van der Waals surface area contributed by atoms with Crippen LogP contribution in [0.25, 0.3) is 0 Å². The lowest BCUT2D eigenvalue weighted by Crippen LogP contribution is -2.56. The molecule has 0 unspecified atom stereocenters. The molecule has 8 nitrogen and oxygen atoms in total. The number of hydrogen-bond acceptors (Lipinski definition) is 5. The number of likely N-dealkylation sites (tertiary alicyclic amines) is 1. The number of nitro groups is 1. The summed E-state index contributed by atoms with van der Waals surface area (Å²) in [6.07, 6.45) is 2.33. The van der Waals surface area contributed by atoms with Crippen molar-refractivity contribution in [2.45, 2.75) is 68.7 Å². The second kappa shape index (κ2) is 8.45. The minimum Gasteiger partial charge on any atom is -0.465 e. The van der Waals surface area contributed by atoms with Crippen molar-refractivity contribution in [3.8, 4) is 0 Å². The second-order valence-electron chi connectivity index (χ2n) is 8.00. The quantitative estimate of drug-likeness (QED) is 0.568. The predicted molar refractivity (Wildman–Crippen MR) is 102 cm³/mol. The fourth-order valence-electron chi connectivity index (χ4n) is 4.81. The van der Waals surface area contributed by atoms with Crippen molar-refractivity contribution in [1.82, 2.24) is 4.90 Å². The number of amides is 1. The van der Waals surface area contributed by atoms with E-state index in [1.165, 1.54) is 5.56 Å². The molecule has 0 aromatic heterocycles. The lowest BCUT2D eigenvalue weighted by molar-refractivity contribution is -0.577. The summed E-state index contributed by atoms with van der Waals surface area (Å²) in [5.41, 5.74) is -0.394. The zero-order valence-corrected chi connectivity index (χ0v) is 16.1. The largest absolute Gasteiger partial charge is 0.465 e. The van der Waals surface area contributed by atoms with E-state index in [9.17, 15) is 25.1 Å². The van der Waals surface area contributed by atoms with Gasteiger partial charge in [-0.2, -0.15) is 0 Å². The minimum absolute atomic E-state index is 0.0163. The van der Waals surface area contributed by atoms with Gasteiger partial charge < -0.3 is 14.9 Å². The molecule has 154 valence electrons. The fraction of sp³-hybridized carbons (Fsp3) is 0.650. The van der Waals surface area contributed by atoms with Crippen molar-refractivity contribution in [1.29, 1.82) is 0 Å². The fourth-order valence-corrected chi connectivity index (χ4v) is 4.81. The van der Waals surface area contributed by atoms with Crippen LogP contribution < -0.4 is 0 Å². The predicted octanol–water partition coefficient (Wildman–Crippen LogP) is 2.88. The Balaban J connectivity index is 1.63. The smallest absolute Gasteiger partial charge is 0.408 e.